The van der Waals surface area contributed by atoms with E-state index in [4.69, 9.17) is 10.2 Å². The number of carbonyl (C=O) groups excluding carboxylic acids is 1. The fourth-order valence-corrected chi connectivity index (χ4v) is 1.04. The van der Waals surface area contributed by atoms with E-state index in [1.807, 2.05) is 19.1 Å². The Morgan fingerprint density at radius 2 is 2.50 bits per heavy atom. The zero-order valence-electron chi connectivity index (χ0n) is 8.32. The van der Waals surface area contributed by atoms with Gasteiger partial charge in [0, 0.05) is 25.4 Å². The van der Waals surface area contributed by atoms with E-state index in [1.165, 1.54) is 0 Å². The van der Waals surface area contributed by atoms with Crippen molar-refractivity contribution < 1.29 is 9.21 Å². The lowest BCUT2D eigenvalue weighted by Crippen LogP contribution is -2.34. The van der Waals surface area contributed by atoms with Crippen molar-refractivity contribution in [1.82, 2.24) is 5.32 Å². The van der Waals surface area contributed by atoms with Crippen LogP contribution >= 0.6 is 0 Å². The summed E-state index contributed by atoms with van der Waals surface area (Å²) in [7, 11) is 0. The average Bonchev–Trinajstić information content (AvgIpc) is 2.69. The van der Waals surface area contributed by atoms with E-state index in [-0.39, 0.29) is 11.8 Å². The molecule has 78 valence electrons. The topological polar surface area (TPSA) is 68.3 Å². The van der Waals surface area contributed by atoms with E-state index >= 15 is 0 Å². The Balaban J connectivity index is 2.18. The Hall–Kier alpha value is -1.29. The van der Waals surface area contributed by atoms with Crippen molar-refractivity contribution in [2.45, 2.75) is 13.3 Å². The number of hydrogen-bond acceptors (Lipinski definition) is 3. The molecule has 0 aliphatic heterocycles. The fraction of sp³-hybridized carbons (Fsp3) is 0.500. The van der Waals surface area contributed by atoms with Gasteiger partial charge in [-0.15, -0.1) is 0 Å². The molecular weight excluding hydrogens is 180 g/mol. The second-order valence-electron chi connectivity index (χ2n) is 3.26. The molecular formula is C10H16N2O2. The van der Waals surface area contributed by atoms with Gasteiger partial charge in [-0.3, -0.25) is 4.79 Å². The van der Waals surface area contributed by atoms with Crippen LogP contribution in [0, 0.1) is 5.92 Å². The number of nitrogens with two attached hydrogens (primary N) is 1. The molecule has 3 N–H and O–H groups in total. The lowest BCUT2D eigenvalue weighted by Gasteiger charge is -2.08. The normalized spacial score (nSPS) is 12.4. The first-order chi connectivity index (χ1) is 6.74. The van der Waals surface area contributed by atoms with Crippen LogP contribution in [0.2, 0.25) is 0 Å². The first kappa shape index (κ1) is 10.8. The average molecular weight is 196 g/mol. The van der Waals surface area contributed by atoms with Crippen LogP contribution in [0.15, 0.2) is 22.8 Å². The maximum absolute atomic E-state index is 11.3. The van der Waals surface area contributed by atoms with Crippen molar-refractivity contribution in [3.05, 3.63) is 24.2 Å². The highest BCUT2D eigenvalue weighted by atomic mass is 16.3. The van der Waals surface area contributed by atoms with E-state index in [2.05, 4.69) is 5.32 Å². The van der Waals surface area contributed by atoms with Gasteiger partial charge in [-0.05, 0) is 12.1 Å². The molecule has 0 saturated carbocycles. The molecule has 1 rings (SSSR count). The molecule has 0 aliphatic carbocycles. The Kier molecular flexibility index (Phi) is 4.19. The molecule has 1 amide bonds. The van der Waals surface area contributed by atoms with E-state index < -0.39 is 0 Å². The summed E-state index contributed by atoms with van der Waals surface area (Å²) in [5.41, 5.74) is 5.36. The van der Waals surface area contributed by atoms with Gasteiger partial charge in [-0.1, -0.05) is 6.92 Å². The van der Waals surface area contributed by atoms with Crippen molar-refractivity contribution in [1.29, 1.82) is 0 Å². The van der Waals surface area contributed by atoms with Crippen molar-refractivity contribution >= 4 is 5.91 Å². The highest BCUT2D eigenvalue weighted by Crippen LogP contribution is 1.99. The minimum atomic E-state index is -0.119. The number of hydrogen-bond donors (Lipinski definition) is 2. The first-order valence-corrected chi connectivity index (χ1v) is 4.74. The summed E-state index contributed by atoms with van der Waals surface area (Å²) in [6.45, 7) is 2.78. The second kappa shape index (κ2) is 5.44. The molecule has 1 heterocycles. The first-order valence-electron chi connectivity index (χ1n) is 4.74. The molecule has 0 saturated heterocycles. The molecule has 0 aromatic carbocycles. The number of furan rings is 1. The smallest absolute Gasteiger partial charge is 0.224 e. The molecule has 0 radical (unpaired) electrons. The third-order valence-electron chi connectivity index (χ3n) is 2.05. The Morgan fingerprint density at radius 1 is 1.71 bits per heavy atom. The van der Waals surface area contributed by atoms with Gasteiger partial charge < -0.3 is 15.5 Å². The number of rotatable bonds is 5. The molecule has 4 nitrogen and oxygen atoms in total. The zero-order chi connectivity index (χ0) is 10.4. The van der Waals surface area contributed by atoms with Crippen LogP contribution in [-0.4, -0.2) is 19.0 Å². The van der Waals surface area contributed by atoms with Gasteiger partial charge in [0.05, 0.1) is 6.26 Å². The van der Waals surface area contributed by atoms with Gasteiger partial charge in [-0.25, -0.2) is 0 Å². The third kappa shape index (κ3) is 3.22. The lowest BCUT2D eigenvalue weighted by atomic mass is 10.1. The molecule has 0 fully saturated rings. The van der Waals surface area contributed by atoms with Crippen LogP contribution in [0.4, 0.5) is 0 Å². The zero-order valence-corrected chi connectivity index (χ0v) is 8.32. The number of amides is 1. The third-order valence-corrected chi connectivity index (χ3v) is 2.05. The summed E-state index contributed by atoms with van der Waals surface area (Å²) in [5, 5.41) is 2.79. The molecule has 1 unspecified atom stereocenters. The van der Waals surface area contributed by atoms with Gasteiger partial charge in [-0.2, -0.15) is 0 Å². The van der Waals surface area contributed by atoms with Crippen molar-refractivity contribution in [2.24, 2.45) is 11.7 Å². The number of carbonyl (C=O) groups is 1. The summed E-state index contributed by atoms with van der Waals surface area (Å²) in [4.78, 5) is 11.3. The van der Waals surface area contributed by atoms with Crippen LogP contribution in [0.3, 0.4) is 0 Å². The molecule has 14 heavy (non-hydrogen) atoms. The van der Waals surface area contributed by atoms with E-state index in [9.17, 15) is 4.79 Å². The van der Waals surface area contributed by atoms with E-state index in [0.29, 0.717) is 13.1 Å². The number of nitrogens with one attached hydrogen (secondary N) is 1. The van der Waals surface area contributed by atoms with Gasteiger partial charge in [0.25, 0.3) is 0 Å². The molecule has 4 heteroatoms. The quantitative estimate of drug-likeness (QED) is 0.722. The van der Waals surface area contributed by atoms with Crippen molar-refractivity contribution in [3.8, 4) is 0 Å². The largest absolute Gasteiger partial charge is 0.469 e. The molecule has 0 bridgehead atoms. The SMILES string of the molecule is CC(CN)C(=O)NCCc1ccco1. The maximum Gasteiger partial charge on any atom is 0.224 e. The van der Waals surface area contributed by atoms with Crippen LogP contribution in [0.1, 0.15) is 12.7 Å². The summed E-state index contributed by atoms with van der Waals surface area (Å²) in [5.74, 6) is 0.761. The minimum absolute atomic E-state index is 0.000874. The van der Waals surface area contributed by atoms with Crippen LogP contribution in [0.25, 0.3) is 0 Å². The van der Waals surface area contributed by atoms with Crippen molar-refractivity contribution in [2.75, 3.05) is 13.1 Å². The predicted octanol–water partition coefficient (Wildman–Crippen LogP) is 0.533. The van der Waals surface area contributed by atoms with Crippen molar-refractivity contribution in [3.63, 3.8) is 0 Å². The molecule has 0 aliphatic rings. The van der Waals surface area contributed by atoms with E-state index in [0.717, 1.165) is 12.2 Å². The summed E-state index contributed by atoms with van der Waals surface area (Å²) in [6.07, 6.45) is 2.34. The predicted molar refractivity (Wildman–Crippen MR) is 53.6 cm³/mol. The molecule has 1 aromatic heterocycles. The van der Waals surface area contributed by atoms with Gasteiger partial charge in [0.2, 0.25) is 5.91 Å². The Morgan fingerprint density at radius 3 is 3.07 bits per heavy atom. The minimum Gasteiger partial charge on any atom is -0.469 e. The van der Waals surface area contributed by atoms with Crippen LogP contribution < -0.4 is 11.1 Å². The Bertz CT molecular complexity index is 270. The Labute approximate surface area is 83.5 Å². The summed E-state index contributed by atoms with van der Waals surface area (Å²) in [6, 6.07) is 3.72. The highest BCUT2D eigenvalue weighted by Gasteiger charge is 2.09. The van der Waals surface area contributed by atoms with Crippen LogP contribution in [-0.2, 0) is 11.2 Å². The highest BCUT2D eigenvalue weighted by molar-refractivity contribution is 5.78. The fourth-order valence-electron chi connectivity index (χ4n) is 1.04. The molecule has 0 spiro atoms. The van der Waals surface area contributed by atoms with E-state index in [1.54, 1.807) is 6.26 Å². The molecule has 1 aromatic rings. The van der Waals surface area contributed by atoms with Crippen LogP contribution in [0.5, 0.6) is 0 Å². The van der Waals surface area contributed by atoms with Gasteiger partial charge in [0.1, 0.15) is 5.76 Å². The lowest BCUT2D eigenvalue weighted by molar-refractivity contribution is -0.124. The molecule has 1 atom stereocenters. The summed E-state index contributed by atoms with van der Waals surface area (Å²) < 4.78 is 5.13. The second-order valence-corrected chi connectivity index (χ2v) is 3.26. The standard InChI is InChI=1S/C10H16N2O2/c1-8(7-11)10(13)12-5-4-9-3-2-6-14-9/h2-3,6,8H,4-5,7,11H2,1H3,(H,12,13). The maximum atomic E-state index is 11.3. The van der Waals surface area contributed by atoms with Gasteiger partial charge in [0.15, 0.2) is 0 Å². The summed E-state index contributed by atoms with van der Waals surface area (Å²) >= 11 is 0. The monoisotopic (exact) mass is 196 g/mol. The van der Waals surface area contributed by atoms with Gasteiger partial charge >= 0.3 is 0 Å².